The number of nitrogens with one attached hydrogen (secondary N) is 1. The number of fused-ring (bicyclic) bond motifs is 5. The zero-order valence-corrected chi connectivity index (χ0v) is 16.5. The number of likely N-dealkylation sites (tertiary alicyclic amines) is 1. The highest BCUT2D eigenvalue weighted by Crippen LogP contribution is 2.51. The predicted octanol–water partition coefficient (Wildman–Crippen LogP) is 3.18. The number of hydrogen-bond acceptors (Lipinski definition) is 6. The number of piperidine rings is 2. The third-order valence-electron chi connectivity index (χ3n) is 6.70. The van der Waals surface area contributed by atoms with Crippen LogP contribution in [-0.4, -0.2) is 53.2 Å². The lowest BCUT2D eigenvalue weighted by atomic mass is 9.85. The molecular weight excluding hydrogens is 370 g/mol. The summed E-state index contributed by atoms with van der Waals surface area (Å²) < 4.78 is 5.32. The Labute approximate surface area is 170 Å². The first-order valence-corrected chi connectivity index (χ1v) is 10.5. The highest BCUT2D eigenvalue weighted by molar-refractivity contribution is 5.80. The van der Waals surface area contributed by atoms with Gasteiger partial charge in [0.15, 0.2) is 5.60 Å². The maximum absolute atomic E-state index is 12.7. The molecule has 4 atom stereocenters. The lowest BCUT2D eigenvalue weighted by Crippen LogP contribution is -2.57. The van der Waals surface area contributed by atoms with Crippen molar-refractivity contribution in [3.05, 3.63) is 42.5 Å². The van der Waals surface area contributed by atoms with E-state index in [9.17, 15) is 9.59 Å². The van der Waals surface area contributed by atoms with Crippen LogP contribution in [0.5, 0.6) is 0 Å². The Bertz CT molecular complexity index is 827. The van der Waals surface area contributed by atoms with E-state index in [1.807, 2.05) is 18.2 Å². The molecule has 3 fully saturated rings. The molecule has 1 aromatic carbocycles. The van der Waals surface area contributed by atoms with E-state index < -0.39 is 5.60 Å². The van der Waals surface area contributed by atoms with Crippen molar-refractivity contribution in [1.82, 2.24) is 9.96 Å². The molecule has 5 rings (SSSR count). The maximum Gasteiger partial charge on any atom is 0.411 e. The van der Waals surface area contributed by atoms with E-state index in [4.69, 9.17) is 9.57 Å². The molecule has 4 heterocycles. The van der Waals surface area contributed by atoms with Crippen LogP contribution in [0.2, 0.25) is 0 Å². The van der Waals surface area contributed by atoms with Crippen LogP contribution in [0.4, 0.5) is 10.5 Å². The smallest absolute Gasteiger partial charge is 0.411 e. The van der Waals surface area contributed by atoms with Gasteiger partial charge in [0.05, 0.1) is 0 Å². The number of rotatable bonds is 4. The highest BCUT2D eigenvalue weighted by atomic mass is 16.7. The van der Waals surface area contributed by atoms with E-state index >= 15 is 0 Å². The van der Waals surface area contributed by atoms with Crippen molar-refractivity contribution >= 4 is 17.6 Å². The summed E-state index contributed by atoms with van der Waals surface area (Å²) >= 11 is 0. The van der Waals surface area contributed by atoms with Crippen molar-refractivity contribution in [1.29, 1.82) is 0 Å². The number of nitrogens with zero attached hydrogens (tertiary/aromatic N) is 2. The van der Waals surface area contributed by atoms with E-state index in [-0.39, 0.29) is 30.9 Å². The maximum atomic E-state index is 12.7. The number of para-hydroxylation sites is 1. The van der Waals surface area contributed by atoms with Crippen LogP contribution >= 0.6 is 0 Å². The molecular formula is C22H27N3O4. The Hall–Kier alpha value is -2.38. The van der Waals surface area contributed by atoms with E-state index in [1.165, 1.54) is 0 Å². The molecule has 7 nitrogen and oxygen atoms in total. The largest absolute Gasteiger partial charge is 0.445 e. The molecule has 3 saturated heterocycles. The molecule has 1 amide bonds. The van der Waals surface area contributed by atoms with Gasteiger partial charge in [0.1, 0.15) is 18.6 Å². The van der Waals surface area contributed by atoms with Crippen LogP contribution in [0, 0.1) is 0 Å². The summed E-state index contributed by atoms with van der Waals surface area (Å²) in [5.41, 5.74) is 1.38. The average molecular weight is 397 g/mol. The number of carbonyl (C=O) groups is 2. The fourth-order valence-corrected chi connectivity index (χ4v) is 5.43. The number of amides is 1. The van der Waals surface area contributed by atoms with Gasteiger partial charge in [0.2, 0.25) is 0 Å². The lowest BCUT2D eigenvalue weighted by molar-refractivity contribution is -0.305. The summed E-state index contributed by atoms with van der Waals surface area (Å²) in [6, 6.07) is 8.33. The fraction of sp³-hybridized carbons (Fsp3) is 0.545. The Kier molecular flexibility index (Phi) is 4.59. The number of benzene rings is 1. The summed E-state index contributed by atoms with van der Waals surface area (Å²) in [7, 11) is 0. The zero-order valence-electron chi connectivity index (χ0n) is 16.5. The SMILES string of the molecule is C=CCOC(=O)N1CCC2(ON3C4CCCC3CC(=O)C4)c3ccccc3NC12. The van der Waals surface area contributed by atoms with Gasteiger partial charge in [-0.2, -0.15) is 5.06 Å². The quantitative estimate of drug-likeness (QED) is 0.787. The van der Waals surface area contributed by atoms with Crippen LogP contribution in [-0.2, 0) is 20.0 Å². The average Bonchev–Trinajstić information content (AvgIpc) is 3.21. The Morgan fingerprint density at radius 1 is 1.28 bits per heavy atom. The molecule has 4 aliphatic heterocycles. The minimum Gasteiger partial charge on any atom is -0.445 e. The molecule has 0 radical (unpaired) electrons. The van der Waals surface area contributed by atoms with Gasteiger partial charge in [0.25, 0.3) is 0 Å². The molecule has 1 N–H and O–H groups in total. The molecule has 4 aliphatic rings. The number of Topliss-reactive ketones (excluding diaryl/α,β-unsaturated/α-hetero) is 1. The number of hydrogen-bond donors (Lipinski definition) is 1. The summed E-state index contributed by atoms with van der Waals surface area (Å²) in [6.45, 7) is 4.34. The number of ether oxygens (including phenoxy) is 1. The number of ketones is 1. The monoisotopic (exact) mass is 397 g/mol. The molecule has 4 unspecified atom stereocenters. The predicted molar refractivity (Wildman–Crippen MR) is 107 cm³/mol. The van der Waals surface area contributed by atoms with E-state index in [0.717, 1.165) is 30.5 Å². The Balaban J connectivity index is 1.47. The van der Waals surface area contributed by atoms with Crippen LogP contribution in [0.3, 0.4) is 0 Å². The molecule has 7 heteroatoms. The zero-order chi connectivity index (χ0) is 20.0. The summed E-state index contributed by atoms with van der Waals surface area (Å²) in [4.78, 5) is 33.4. The van der Waals surface area contributed by atoms with Gasteiger partial charge in [-0.05, 0) is 18.9 Å². The van der Waals surface area contributed by atoms with Crippen molar-refractivity contribution in [2.45, 2.75) is 62.4 Å². The molecule has 29 heavy (non-hydrogen) atoms. The Morgan fingerprint density at radius 3 is 2.79 bits per heavy atom. The third kappa shape index (κ3) is 2.95. The second-order valence-corrected chi connectivity index (χ2v) is 8.43. The van der Waals surface area contributed by atoms with Crippen LogP contribution < -0.4 is 5.32 Å². The molecule has 0 aliphatic carbocycles. The van der Waals surface area contributed by atoms with Crippen molar-refractivity contribution in [3.63, 3.8) is 0 Å². The van der Waals surface area contributed by atoms with E-state index in [1.54, 1.807) is 11.0 Å². The first-order chi connectivity index (χ1) is 14.1. The van der Waals surface area contributed by atoms with Gasteiger partial charge in [-0.15, -0.1) is 0 Å². The Morgan fingerprint density at radius 2 is 2.03 bits per heavy atom. The van der Waals surface area contributed by atoms with Crippen molar-refractivity contribution < 1.29 is 19.2 Å². The standard InChI is InChI=1S/C22H27N3O4/c1-2-12-28-21(27)24-11-10-22(18-8-3-4-9-19(18)23-20(22)24)29-25-15-6-5-7-16(25)14-17(26)13-15/h2-4,8-9,15-16,20,23H,1,5-7,10-14H2. The van der Waals surface area contributed by atoms with Crippen molar-refractivity contribution in [2.75, 3.05) is 18.5 Å². The first-order valence-electron chi connectivity index (χ1n) is 10.5. The van der Waals surface area contributed by atoms with E-state index in [2.05, 4.69) is 23.0 Å². The van der Waals surface area contributed by atoms with Gasteiger partial charge < -0.3 is 10.1 Å². The van der Waals surface area contributed by atoms with Crippen molar-refractivity contribution in [2.24, 2.45) is 0 Å². The second-order valence-electron chi connectivity index (χ2n) is 8.43. The number of anilines is 1. The van der Waals surface area contributed by atoms with Crippen molar-refractivity contribution in [3.8, 4) is 0 Å². The molecule has 2 bridgehead atoms. The number of carbonyl (C=O) groups excluding carboxylic acids is 2. The van der Waals surface area contributed by atoms with Gasteiger partial charge in [-0.3, -0.25) is 14.5 Å². The molecule has 0 spiro atoms. The molecule has 154 valence electrons. The van der Waals surface area contributed by atoms with Crippen LogP contribution in [0.1, 0.15) is 44.1 Å². The lowest BCUT2D eigenvalue weighted by Gasteiger charge is -2.48. The summed E-state index contributed by atoms with van der Waals surface area (Å²) in [6.07, 6.45) is 5.73. The van der Waals surface area contributed by atoms with Gasteiger partial charge >= 0.3 is 6.09 Å². The van der Waals surface area contributed by atoms with Crippen LogP contribution in [0.25, 0.3) is 0 Å². The third-order valence-corrected chi connectivity index (χ3v) is 6.70. The van der Waals surface area contributed by atoms with Crippen LogP contribution in [0.15, 0.2) is 36.9 Å². The molecule has 1 aromatic rings. The highest BCUT2D eigenvalue weighted by Gasteiger charge is 2.59. The normalized spacial score (nSPS) is 33.0. The molecule has 0 aromatic heterocycles. The fourth-order valence-electron chi connectivity index (χ4n) is 5.43. The molecule has 0 saturated carbocycles. The van der Waals surface area contributed by atoms with Gasteiger partial charge in [0, 0.05) is 49.1 Å². The first kappa shape index (κ1) is 18.6. The topological polar surface area (TPSA) is 71.1 Å². The summed E-state index contributed by atoms with van der Waals surface area (Å²) in [5, 5.41) is 5.59. The van der Waals surface area contributed by atoms with E-state index in [0.29, 0.717) is 31.6 Å². The van der Waals surface area contributed by atoms with Gasteiger partial charge in [-0.1, -0.05) is 37.3 Å². The van der Waals surface area contributed by atoms with Gasteiger partial charge in [-0.25, -0.2) is 4.79 Å². The summed E-state index contributed by atoms with van der Waals surface area (Å²) in [5.74, 6) is 0.333. The minimum absolute atomic E-state index is 0.125. The minimum atomic E-state index is -0.669. The number of hydroxylamine groups is 2. The second kappa shape index (κ2) is 7.15.